The molecule has 0 amide bonds. The molecule has 0 aliphatic carbocycles. The molecule has 1 atom stereocenters. The number of rotatable bonds is 3. The molecule has 0 saturated carbocycles. The van der Waals surface area contributed by atoms with Crippen molar-refractivity contribution in [1.82, 2.24) is 0 Å². The third-order valence-electron chi connectivity index (χ3n) is 3.73. The van der Waals surface area contributed by atoms with Crippen LogP contribution in [0.25, 0.3) is 0 Å². The fraction of sp³-hybridized carbons (Fsp3) is 0.789. The highest BCUT2D eigenvalue weighted by Crippen LogP contribution is 2.29. The summed E-state index contributed by atoms with van der Waals surface area (Å²) in [6.07, 6.45) is 3.09. The Labute approximate surface area is 153 Å². The Morgan fingerprint density at radius 3 is 1.67 bits per heavy atom. The van der Waals surface area contributed by atoms with Gasteiger partial charge in [0.1, 0.15) is 24.2 Å². The molecular formula is C19H36O2Si3. The van der Waals surface area contributed by atoms with E-state index in [1.165, 1.54) is 0 Å². The lowest BCUT2D eigenvalue weighted by molar-refractivity contribution is -0.178. The van der Waals surface area contributed by atoms with Gasteiger partial charge in [0.2, 0.25) is 0 Å². The summed E-state index contributed by atoms with van der Waals surface area (Å²) in [5.74, 6) is 7.11. The molecule has 0 radical (unpaired) electrons. The summed E-state index contributed by atoms with van der Waals surface area (Å²) in [6, 6.07) is 0. The zero-order valence-corrected chi connectivity index (χ0v) is 20.2. The zero-order valence-electron chi connectivity index (χ0n) is 17.2. The molecular weight excluding hydrogens is 344 g/mol. The summed E-state index contributed by atoms with van der Waals surface area (Å²) in [5, 5.41) is -0.629. The van der Waals surface area contributed by atoms with E-state index in [0.29, 0.717) is 0 Å². The molecule has 2 nitrogen and oxygen atoms in total. The van der Waals surface area contributed by atoms with Gasteiger partial charge in [0.25, 0.3) is 0 Å². The molecule has 0 bridgehead atoms. The lowest BCUT2D eigenvalue weighted by Gasteiger charge is -2.39. The van der Waals surface area contributed by atoms with Crippen molar-refractivity contribution in [3.8, 4) is 22.9 Å². The van der Waals surface area contributed by atoms with Gasteiger partial charge in [0.05, 0.1) is 0 Å². The molecule has 0 aromatic carbocycles. The van der Waals surface area contributed by atoms with E-state index in [4.69, 9.17) is 9.47 Å². The maximum absolute atomic E-state index is 6.57. The Bertz CT molecular complexity index is 504. The van der Waals surface area contributed by atoms with Gasteiger partial charge in [-0.1, -0.05) is 70.8 Å². The smallest absolute Gasteiger partial charge is 0.175 e. The molecule has 0 aromatic heterocycles. The molecule has 1 heterocycles. The van der Waals surface area contributed by atoms with Crippen molar-refractivity contribution in [2.24, 2.45) is 0 Å². The van der Waals surface area contributed by atoms with E-state index in [9.17, 15) is 0 Å². The van der Waals surface area contributed by atoms with Gasteiger partial charge in [0.15, 0.2) is 11.5 Å². The first kappa shape index (κ1) is 21.7. The molecule has 1 unspecified atom stereocenters. The van der Waals surface area contributed by atoms with Crippen LogP contribution in [0.1, 0.15) is 19.3 Å². The van der Waals surface area contributed by atoms with Crippen molar-refractivity contribution >= 4 is 24.2 Å². The molecule has 0 spiro atoms. The first-order chi connectivity index (χ1) is 10.7. The minimum Gasteiger partial charge on any atom is -0.353 e. The minimum atomic E-state index is -1.83. The van der Waals surface area contributed by atoms with Crippen molar-refractivity contribution in [1.29, 1.82) is 0 Å². The second-order valence-electron chi connectivity index (χ2n) is 9.85. The first-order valence-corrected chi connectivity index (χ1v) is 19.6. The van der Waals surface area contributed by atoms with Crippen molar-refractivity contribution in [2.45, 2.75) is 89.7 Å². The highest BCUT2D eigenvalue weighted by atomic mass is 28.3. The normalized spacial score (nSPS) is 19.8. The molecule has 136 valence electrons. The van der Waals surface area contributed by atoms with Gasteiger partial charge in [-0.05, 0) is 19.3 Å². The number of hydrogen-bond donors (Lipinski definition) is 0. The highest BCUT2D eigenvalue weighted by Gasteiger charge is 2.45. The zero-order chi connectivity index (χ0) is 18.6. The number of ether oxygens (including phenoxy) is 2. The summed E-state index contributed by atoms with van der Waals surface area (Å²) in [5.41, 5.74) is 7.10. The summed E-state index contributed by atoms with van der Waals surface area (Å²) >= 11 is 0. The molecule has 1 rings (SSSR count). The van der Waals surface area contributed by atoms with Crippen LogP contribution in [0.3, 0.4) is 0 Å². The van der Waals surface area contributed by atoms with Crippen LogP contribution < -0.4 is 0 Å². The van der Waals surface area contributed by atoms with Crippen LogP contribution in [0.5, 0.6) is 0 Å². The Kier molecular flexibility index (Phi) is 7.18. The Hall–Kier alpha value is -0.309. The summed E-state index contributed by atoms with van der Waals surface area (Å²) in [6.45, 7) is 21.4. The predicted molar refractivity (Wildman–Crippen MR) is 113 cm³/mol. The van der Waals surface area contributed by atoms with Gasteiger partial charge in [-0.15, -0.1) is 11.1 Å². The van der Waals surface area contributed by atoms with Gasteiger partial charge >= 0.3 is 0 Å². The van der Waals surface area contributed by atoms with Crippen LogP contribution in [0, 0.1) is 22.9 Å². The Morgan fingerprint density at radius 1 is 0.833 bits per heavy atom. The molecule has 0 aromatic rings. The van der Waals surface area contributed by atoms with Crippen LogP contribution in [-0.2, 0) is 9.47 Å². The van der Waals surface area contributed by atoms with Gasteiger partial charge in [0, 0.05) is 6.61 Å². The second kappa shape index (κ2) is 7.93. The van der Waals surface area contributed by atoms with Gasteiger partial charge in [-0.3, -0.25) is 0 Å². The SMILES string of the molecule is C[Si](C)(C)C#CC(C#C[Si](C)(C)C)(OC1CCCCO1)[Si](C)(C)C. The molecule has 24 heavy (non-hydrogen) atoms. The average molecular weight is 381 g/mol. The van der Waals surface area contributed by atoms with E-state index in [1.54, 1.807) is 0 Å². The van der Waals surface area contributed by atoms with E-state index in [1.807, 2.05) is 0 Å². The summed E-state index contributed by atoms with van der Waals surface area (Å²) in [7, 11) is -4.83. The van der Waals surface area contributed by atoms with Gasteiger partial charge < -0.3 is 9.47 Å². The van der Waals surface area contributed by atoms with Crippen molar-refractivity contribution in [3.63, 3.8) is 0 Å². The fourth-order valence-electron chi connectivity index (χ4n) is 2.19. The van der Waals surface area contributed by atoms with Crippen LogP contribution in [0.15, 0.2) is 0 Å². The van der Waals surface area contributed by atoms with Gasteiger partial charge in [-0.2, -0.15) is 0 Å². The van der Waals surface area contributed by atoms with Crippen LogP contribution in [0.4, 0.5) is 0 Å². The molecule has 1 saturated heterocycles. The lowest BCUT2D eigenvalue weighted by Crippen LogP contribution is -2.55. The maximum atomic E-state index is 6.57. The molecule has 5 heteroatoms. The predicted octanol–water partition coefficient (Wildman–Crippen LogP) is 4.91. The summed E-state index contributed by atoms with van der Waals surface area (Å²) < 4.78 is 12.5. The van der Waals surface area contributed by atoms with E-state index >= 15 is 0 Å². The average Bonchev–Trinajstić information content (AvgIpc) is 2.40. The van der Waals surface area contributed by atoms with Gasteiger partial charge in [-0.25, -0.2) is 0 Å². The molecule has 0 N–H and O–H groups in total. The minimum absolute atomic E-state index is 0.155. The second-order valence-corrected chi connectivity index (χ2v) is 24.5. The van der Waals surface area contributed by atoms with Crippen molar-refractivity contribution < 1.29 is 9.47 Å². The third kappa shape index (κ3) is 7.29. The standard InChI is InChI=1S/C19H36O2Si3/c1-22(2,3)16-13-19(24(7,8)9,14-17-23(4,5)6)21-18-12-10-11-15-20-18/h18H,10-12,15H2,1-9H3. The van der Waals surface area contributed by atoms with Crippen LogP contribution >= 0.6 is 0 Å². The van der Waals surface area contributed by atoms with E-state index in [-0.39, 0.29) is 6.29 Å². The van der Waals surface area contributed by atoms with E-state index in [0.717, 1.165) is 25.9 Å². The quantitative estimate of drug-likeness (QED) is 0.512. The highest BCUT2D eigenvalue weighted by molar-refractivity contribution is 6.85. The largest absolute Gasteiger partial charge is 0.353 e. The summed E-state index contributed by atoms with van der Waals surface area (Å²) in [4.78, 5) is 0. The first-order valence-electron chi connectivity index (χ1n) is 9.12. The Balaban J connectivity index is 3.35. The van der Waals surface area contributed by atoms with E-state index in [2.05, 4.69) is 81.9 Å². The Morgan fingerprint density at radius 2 is 1.33 bits per heavy atom. The monoisotopic (exact) mass is 380 g/mol. The molecule has 1 aliphatic heterocycles. The molecule has 1 fully saturated rings. The maximum Gasteiger partial charge on any atom is 0.175 e. The number of hydrogen-bond acceptors (Lipinski definition) is 2. The fourth-order valence-corrected chi connectivity index (χ4v) is 4.91. The van der Waals surface area contributed by atoms with E-state index < -0.39 is 29.4 Å². The van der Waals surface area contributed by atoms with Crippen LogP contribution in [0.2, 0.25) is 58.9 Å². The molecule has 1 aliphatic rings. The van der Waals surface area contributed by atoms with Crippen molar-refractivity contribution in [3.05, 3.63) is 0 Å². The topological polar surface area (TPSA) is 18.5 Å². The van der Waals surface area contributed by atoms with Crippen molar-refractivity contribution in [2.75, 3.05) is 6.61 Å². The lowest BCUT2D eigenvalue weighted by atomic mass is 10.2. The van der Waals surface area contributed by atoms with Crippen LogP contribution in [-0.4, -0.2) is 42.3 Å². The third-order valence-corrected chi connectivity index (χ3v) is 7.96.